The molecule has 0 N–H and O–H groups in total. The highest BCUT2D eigenvalue weighted by Crippen LogP contribution is 2.26. The van der Waals surface area contributed by atoms with Crippen LogP contribution in [0, 0.1) is 19.8 Å². The summed E-state index contributed by atoms with van der Waals surface area (Å²) in [7, 11) is -3.56. The predicted molar refractivity (Wildman–Crippen MR) is 113 cm³/mol. The molecule has 0 radical (unpaired) electrons. The van der Waals surface area contributed by atoms with Gasteiger partial charge < -0.3 is 9.15 Å². The highest BCUT2D eigenvalue weighted by atomic mass is 32.2. The summed E-state index contributed by atoms with van der Waals surface area (Å²) >= 11 is 0. The minimum absolute atomic E-state index is 0.133. The zero-order valence-corrected chi connectivity index (χ0v) is 17.9. The van der Waals surface area contributed by atoms with Crippen LogP contribution in [0.15, 0.2) is 58.0 Å². The van der Waals surface area contributed by atoms with Crippen LogP contribution >= 0.6 is 0 Å². The molecule has 3 heterocycles. The van der Waals surface area contributed by atoms with Gasteiger partial charge in [-0.1, -0.05) is 18.2 Å². The van der Waals surface area contributed by atoms with Gasteiger partial charge in [0.25, 0.3) is 0 Å². The Bertz CT molecular complexity index is 1110. The molecule has 1 atom stereocenters. The van der Waals surface area contributed by atoms with E-state index in [9.17, 15) is 8.42 Å². The third-order valence-electron chi connectivity index (χ3n) is 5.22. The summed E-state index contributed by atoms with van der Waals surface area (Å²) in [4.78, 5) is 8.91. The molecule has 3 aromatic rings. The van der Waals surface area contributed by atoms with Crippen molar-refractivity contribution in [2.24, 2.45) is 5.92 Å². The number of rotatable bonds is 6. The van der Waals surface area contributed by atoms with Gasteiger partial charge in [-0.3, -0.25) is 0 Å². The molecular weight excluding hydrogens is 402 g/mol. The molecule has 1 saturated heterocycles. The monoisotopic (exact) mass is 427 g/mol. The molecule has 4 rings (SSSR count). The van der Waals surface area contributed by atoms with Crippen LogP contribution in [0.4, 0.5) is 0 Å². The van der Waals surface area contributed by atoms with Gasteiger partial charge in [-0.2, -0.15) is 4.31 Å². The number of aromatic nitrogens is 2. The van der Waals surface area contributed by atoms with E-state index in [1.54, 1.807) is 41.8 Å². The number of hydrogen-bond donors (Lipinski definition) is 0. The summed E-state index contributed by atoms with van der Waals surface area (Å²) in [6.45, 7) is 5.10. The van der Waals surface area contributed by atoms with Crippen LogP contribution in [0.5, 0.6) is 5.88 Å². The second-order valence-electron chi connectivity index (χ2n) is 7.58. The molecule has 2 aromatic heterocycles. The van der Waals surface area contributed by atoms with E-state index in [2.05, 4.69) is 9.97 Å². The smallest absolute Gasteiger partial charge is 0.243 e. The lowest BCUT2D eigenvalue weighted by atomic mass is 10.0. The molecule has 1 aliphatic heterocycles. The van der Waals surface area contributed by atoms with Gasteiger partial charge in [-0.25, -0.2) is 18.4 Å². The van der Waals surface area contributed by atoms with Crippen molar-refractivity contribution < 1.29 is 17.6 Å². The highest BCUT2D eigenvalue weighted by Gasteiger charge is 2.30. The van der Waals surface area contributed by atoms with Crippen molar-refractivity contribution in [2.75, 3.05) is 19.7 Å². The number of piperidine rings is 1. The molecule has 0 saturated carbocycles. The fourth-order valence-electron chi connectivity index (χ4n) is 3.63. The molecule has 1 aromatic carbocycles. The van der Waals surface area contributed by atoms with Gasteiger partial charge in [-0.15, -0.1) is 0 Å². The summed E-state index contributed by atoms with van der Waals surface area (Å²) in [5.74, 6) is 1.28. The largest absolute Gasteiger partial charge is 0.477 e. The van der Waals surface area contributed by atoms with E-state index in [4.69, 9.17) is 9.15 Å². The number of oxazole rings is 1. The number of benzene rings is 1. The molecule has 0 bridgehead atoms. The Morgan fingerprint density at radius 1 is 1.13 bits per heavy atom. The zero-order valence-electron chi connectivity index (χ0n) is 17.1. The Kier molecular flexibility index (Phi) is 5.87. The first-order valence-electron chi connectivity index (χ1n) is 10.0. The van der Waals surface area contributed by atoms with E-state index >= 15 is 0 Å². The fourth-order valence-corrected chi connectivity index (χ4v) is 5.18. The van der Waals surface area contributed by atoms with Crippen molar-refractivity contribution >= 4 is 10.0 Å². The number of ether oxygens (including phenoxy) is 1. The van der Waals surface area contributed by atoms with Crippen LogP contribution in [0.2, 0.25) is 0 Å². The Morgan fingerprint density at radius 2 is 1.93 bits per heavy atom. The Balaban J connectivity index is 1.43. The van der Waals surface area contributed by atoms with E-state index < -0.39 is 10.0 Å². The normalized spacial score (nSPS) is 17.7. The number of pyridine rings is 1. The standard InChI is InChI=1S/C22H25N3O4S/c1-16-5-3-7-22(23-16)29-14-18-6-4-12-25(13-18)30(26,27)20-10-8-19(9-11-20)21-15-28-17(2)24-21/h3,5,7-11,15,18H,4,6,12-14H2,1-2H3. The summed E-state index contributed by atoms with van der Waals surface area (Å²) in [5.41, 5.74) is 2.40. The van der Waals surface area contributed by atoms with Gasteiger partial charge in [0.05, 0.1) is 11.5 Å². The molecular formula is C22H25N3O4S. The van der Waals surface area contributed by atoms with Crippen molar-refractivity contribution in [1.82, 2.24) is 14.3 Å². The molecule has 8 heteroatoms. The Hall–Kier alpha value is -2.71. The van der Waals surface area contributed by atoms with E-state index in [0.29, 0.717) is 37.2 Å². The van der Waals surface area contributed by atoms with E-state index in [1.165, 1.54) is 0 Å². The number of sulfonamides is 1. The minimum Gasteiger partial charge on any atom is -0.477 e. The van der Waals surface area contributed by atoms with Crippen molar-refractivity contribution in [3.63, 3.8) is 0 Å². The first-order chi connectivity index (χ1) is 14.4. The molecule has 0 amide bonds. The van der Waals surface area contributed by atoms with Crippen molar-refractivity contribution in [2.45, 2.75) is 31.6 Å². The zero-order chi connectivity index (χ0) is 21.1. The second kappa shape index (κ2) is 8.57. The summed E-state index contributed by atoms with van der Waals surface area (Å²) in [5, 5.41) is 0. The summed E-state index contributed by atoms with van der Waals surface area (Å²) in [6.07, 6.45) is 3.31. The van der Waals surface area contributed by atoms with Gasteiger partial charge >= 0.3 is 0 Å². The van der Waals surface area contributed by atoms with Crippen LogP contribution < -0.4 is 4.74 Å². The highest BCUT2D eigenvalue weighted by molar-refractivity contribution is 7.89. The molecule has 7 nitrogen and oxygen atoms in total. The first kappa shape index (κ1) is 20.6. The van der Waals surface area contributed by atoms with Gasteiger partial charge in [0.1, 0.15) is 12.0 Å². The van der Waals surface area contributed by atoms with Gasteiger partial charge in [0.2, 0.25) is 15.9 Å². The van der Waals surface area contributed by atoms with Gasteiger partial charge in [0, 0.05) is 43.3 Å². The average Bonchev–Trinajstić information content (AvgIpc) is 3.19. The average molecular weight is 428 g/mol. The third kappa shape index (κ3) is 4.55. The maximum atomic E-state index is 13.1. The van der Waals surface area contributed by atoms with E-state index in [1.807, 2.05) is 25.1 Å². The second-order valence-corrected chi connectivity index (χ2v) is 9.51. The SMILES string of the molecule is Cc1cccc(OCC2CCCN(S(=O)(=O)c3ccc(-c4coc(C)n4)cc3)C2)n1. The fraction of sp³-hybridized carbons (Fsp3) is 0.364. The van der Waals surface area contributed by atoms with Crippen LogP contribution in [-0.4, -0.2) is 42.4 Å². The molecule has 158 valence electrons. The van der Waals surface area contributed by atoms with Crippen molar-refractivity contribution in [3.8, 4) is 17.1 Å². The maximum absolute atomic E-state index is 13.1. The van der Waals surface area contributed by atoms with E-state index in [-0.39, 0.29) is 10.8 Å². The topological polar surface area (TPSA) is 85.5 Å². The van der Waals surface area contributed by atoms with Gasteiger partial charge in [0.15, 0.2) is 5.89 Å². The lowest BCUT2D eigenvalue weighted by Gasteiger charge is -2.31. The van der Waals surface area contributed by atoms with Crippen LogP contribution in [-0.2, 0) is 10.0 Å². The molecule has 1 fully saturated rings. The molecule has 0 aliphatic carbocycles. The number of aryl methyl sites for hydroxylation is 2. The lowest BCUT2D eigenvalue weighted by molar-refractivity contribution is 0.176. The maximum Gasteiger partial charge on any atom is 0.243 e. The van der Waals surface area contributed by atoms with E-state index in [0.717, 1.165) is 24.1 Å². The Morgan fingerprint density at radius 3 is 2.63 bits per heavy atom. The summed E-state index contributed by atoms with van der Waals surface area (Å²) < 4.78 is 38.9. The molecule has 1 aliphatic rings. The number of nitrogens with zero attached hydrogens (tertiary/aromatic N) is 3. The first-order valence-corrected chi connectivity index (χ1v) is 11.4. The lowest BCUT2D eigenvalue weighted by Crippen LogP contribution is -2.41. The van der Waals surface area contributed by atoms with Crippen molar-refractivity contribution in [3.05, 3.63) is 60.3 Å². The third-order valence-corrected chi connectivity index (χ3v) is 7.10. The molecule has 1 unspecified atom stereocenters. The predicted octanol–water partition coefficient (Wildman–Crippen LogP) is 3.83. The molecule has 30 heavy (non-hydrogen) atoms. The molecule has 0 spiro atoms. The van der Waals surface area contributed by atoms with Crippen LogP contribution in [0.1, 0.15) is 24.4 Å². The summed E-state index contributed by atoms with van der Waals surface area (Å²) in [6, 6.07) is 12.4. The minimum atomic E-state index is -3.56. The number of hydrogen-bond acceptors (Lipinski definition) is 6. The quantitative estimate of drug-likeness (QED) is 0.594. The van der Waals surface area contributed by atoms with Gasteiger partial charge in [-0.05, 0) is 38.0 Å². The van der Waals surface area contributed by atoms with Crippen LogP contribution in [0.25, 0.3) is 11.3 Å². The Labute approximate surface area is 176 Å². The van der Waals surface area contributed by atoms with Crippen molar-refractivity contribution in [1.29, 1.82) is 0 Å². The van der Waals surface area contributed by atoms with Crippen LogP contribution in [0.3, 0.4) is 0 Å².